The van der Waals surface area contributed by atoms with Gasteiger partial charge in [-0.3, -0.25) is 4.79 Å². The van der Waals surface area contributed by atoms with E-state index in [1.54, 1.807) is 60.7 Å². The maximum Gasteiger partial charge on any atom is 0.351 e. The number of nitrogens with one attached hydrogen (secondary N) is 1. The Bertz CT molecular complexity index is 1650. The van der Waals surface area contributed by atoms with Crippen LogP contribution in [-0.4, -0.2) is 30.5 Å². The Morgan fingerprint density at radius 3 is 1.59 bits per heavy atom. The van der Waals surface area contributed by atoms with Crippen molar-refractivity contribution in [2.45, 2.75) is 13.0 Å². The summed E-state index contributed by atoms with van der Waals surface area (Å²) in [7, 11) is 0. The Hall–Kier alpha value is -3.59. The molecule has 0 aliphatic carbocycles. The van der Waals surface area contributed by atoms with Gasteiger partial charge in [0, 0.05) is 16.9 Å². The number of anilines is 2. The van der Waals surface area contributed by atoms with Crippen LogP contribution >= 0.6 is 63.7 Å². The first-order valence-corrected chi connectivity index (χ1v) is 15.8. The number of nitrogens with two attached hydrogens (primary N) is 2. The van der Waals surface area contributed by atoms with Crippen molar-refractivity contribution in [3.63, 3.8) is 0 Å². The topological polar surface area (TPSA) is 152 Å². The molecule has 0 radical (unpaired) electrons. The van der Waals surface area contributed by atoms with Gasteiger partial charge in [0.15, 0.2) is 18.1 Å². The molecule has 1 unspecified atom stereocenters. The summed E-state index contributed by atoms with van der Waals surface area (Å²) < 4.78 is 24.2. The van der Waals surface area contributed by atoms with Crippen LogP contribution in [0.2, 0.25) is 0 Å². The summed E-state index contributed by atoms with van der Waals surface area (Å²) in [6, 6.07) is 18.8. The summed E-state index contributed by atoms with van der Waals surface area (Å²) >= 11 is 13.7. The van der Waals surface area contributed by atoms with Crippen LogP contribution in [-0.2, 0) is 14.3 Å². The van der Waals surface area contributed by atoms with Gasteiger partial charge in [0.2, 0.25) is 0 Å². The van der Waals surface area contributed by atoms with E-state index in [2.05, 4.69) is 69.0 Å². The van der Waals surface area contributed by atoms with Crippen molar-refractivity contribution < 1.29 is 33.3 Å². The first-order chi connectivity index (χ1) is 20.9. The van der Waals surface area contributed by atoms with Crippen LogP contribution in [0.25, 0.3) is 0 Å². The van der Waals surface area contributed by atoms with Crippen molar-refractivity contribution in [3.05, 3.63) is 96.3 Å². The first kappa shape index (κ1) is 33.3. The minimum atomic E-state index is -1.14. The highest BCUT2D eigenvalue weighted by atomic mass is 79.9. The number of amides is 1. The Morgan fingerprint density at radius 1 is 0.705 bits per heavy atom. The Balaban J connectivity index is 1.29. The summed E-state index contributed by atoms with van der Waals surface area (Å²) in [5, 5.41) is 2.51. The molecule has 1 amide bonds. The Kier molecular flexibility index (Phi) is 11.3. The summed E-state index contributed by atoms with van der Waals surface area (Å²) in [6.45, 7) is 0.837. The Morgan fingerprint density at radius 2 is 1.14 bits per heavy atom. The minimum absolute atomic E-state index is 0.225. The largest absolute Gasteiger partial charge is 0.482 e. The molecule has 14 heteroatoms. The maximum absolute atomic E-state index is 12.8. The zero-order valence-electron chi connectivity index (χ0n) is 22.7. The molecule has 4 rings (SSSR count). The molecule has 44 heavy (non-hydrogen) atoms. The van der Waals surface area contributed by atoms with E-state index in [1.807, 2.05) is 0 Å². The fraction of sp³-hybridized carbons (Fsp3) is 0.100. The van der Waals surface area contributed by atoms with Crippen molar-refractivity contribution in [1.82, 2.24) is 5.32 Å². The van der Waals surface area contributed by atoms with Gasteiger partial charge in [-0.1, -0.05) is 0 Å². The van der Waals surface area contributed by atoms with E-state index in [4.69, 9.17) is 30.4 Å². The van der Waals surface area contributed by atoms with E-state index in [9.17, 15) is 14.4 Å². The molecule has 228 valence electrons. The van der Waals surface area contributed by atoms with E-state index in [-0.39, 0.29) is 5.56 Å². The molecule has 0 aliphatic rings. The zero-order valence-corrected chi connectivity index (χ0v) is 29.1. The number of carbonyl (C=O) groups is 3. The fourth-order valence-electron chi connectivity index (χ4n) is 3.52. The summed E-state index contributed by atoms with van der Waals surface area (Å²) in [5.74, 6) is -0.140. The molecule has 4 aromatic rings. The van der Waals surface area contributed by atoms with Gasteiger partial charge < -0.3 is 35.7 Å². The van der Waals surface area contributed by atoms with Crippen molar-refractivity contribution >= 4 is 92.9 Å². The van der Waals surface area contributed by atoms with Gasteiger partial charge >= 0.3 is 11.9 Å². The lowest BCUT2D eigenvalue weighted by atomic mass is 10.2. The predicted octanol–water partition coefficient (Wildman–Crippen LogP) is 7.75. The monoisotopic (exact) mass is 853 g/mol. The molecule has 10 nitrogen and oxygen atoms in total. The standard InChI is InChI=1S/C30H23Br4N3O7/c1-15(37-29(39)16-10-22(31)27(23(32)11-16)42-19-6-2-17(35)3-7-19)30(40)44-26(38)14-41-21-12-24(33)28(25(34)13-21)43-20-8-4-18(36)5-9-20/h2-13,15H,14,35-36H2,1H3,(H,37,39). The van der Waals surface area contributed by atoms with E-state index in [0.29, 0.717) is 58.0 Å². The predicted molar refractivity (Wildman–Crippen MR) is 179 cm³/mol. The molecule has 0 spiro atoms. The van der Waals surface area contributed by atoms with Crippen LogP contribution in [0.4, 0.5) is 11.4 Å². The number of rotatable bonds is 10. The summed E-state index contributed by atoms with van der Waals surface area (Å²) in [6.07, 6.45) is 0. The highest BCUT2D eigenvalue weighted by Gasteiger charge is 2.23. The minimum Gasteiger partial charge on any atom is -0.482 e. The normalized spacial score (nSPS) is 11.3. The summed E-state index contributed by atoms with van der Waals surface area (Å²) in [4.78, 5) is 37.6. The second kappa shape index (κ2) is 14.9. The van der Waals surface area contributed by atoms with Gasteiger partial charge in [-0.15, -0.1) is 0 Å². The van der Waals surface area contributed by atoms with Crippen molar-refractivity contribution in [2.24, 2.45) is 0 Å². The second-order valence-corrected chi connectivity index (χ2v) is 12.5. The van der Waals surface area contributed by atoms with Gasteiger partial charge in [0.25, 0.3) is 5.91 Å². The molecule has 1 atom stereocenters. The van der Waals surface area contributed by atoms with Gasteiger partial charge in [-0.25, -0.2) is 9.59 Å². The molecular weight excluding hydrogens is 834 g/mol. The van der Waals surface area contributed by atoms with Gasteiger partial charge in [-0.2, -0.15) is 0 Å². The number of hydrogen-bond acceptors (Lipinski definition) is 9. The number of halogens is 4. The number of carbonyl (C=O) groups excluding carboxylic acids is 3. The fourth-order valence-corrected chi connectivity index (χ4v) is 6.18. The van der Waals surface area contributed by atoms with Gasteiger partial charge in [0.1, 0.15) is 23.3 Å². The van der Waals surface area contributed by atoms with Crippen LogP contribution in [0.3, 0.4) is 0 Å². The van der Waals surface area contributed by atoms with E-state index >= 15 is 0 Å². The highest BCUT2D eigenvalue weighted by molar-refractivity contribution is 9.11. The third kappa shape index (κ3) is 8.97. The average molecular weight is 857 g/mol. The SMILES string of the molecule is CC(NC(=O)c1cc(Br)c(Oc2ccc(N)cc2)c(Br)c1)C(=O)OC(=O)COc1cc(Br)c(Oc2ccc(N)cc2)c(Br)c1. The van der Waals surface area contributed by atoms with Crippen molar-refractivity contribution in [3.8, 4) is 28.7 Å². The number of ether oxygens (including phenoxy) is 4. The maximum atomic E-state index is 12.8. The number of esters is 2. The van der Waals surface area contributed by atoms with Crippen LogP contribution in [0, 0.1) is 0 Å². The molecule has 0 bridgehead atoms. The van der Waals surface area contributed by atoms with Gasteiger partial charge in [-0.05, 0) is 143 Å². The summed E-state index contributed by atoms with van der Waals surface area (Å²) in [5.41, 5.74) is 12.8. The quantitative estimate of drug-likeness (QED) is 0.0826. The molecule has 0 aromatic heterocycles. The lowest BCUT2D eigenvalue weighted by Gasteiger charge is -2.15. The van der Waals surface area contributed by atoms with Crippen LogP contribution in [0.15, 0.2) is 90.7 Å². The van der Waals surface area contributed by atoms with Crippen LogP contribution in [0.5, 0.6) is 28.7 Å². The second-order valence-electron chi connectivity index (χ2n) is 9.10. The smallest absolute Gasteiger partial charge is 0.351 e. The number of hydrogen-bond donors (Lipinski definition) is 3. The molecule has 5 N–H and O–H groups in total. The van der Waals surface area contributed by atoms with Crippen molar-refractivity contribution in [2.75, 3.05) is 18.1 Å². The van der Waals surface area contributed by atoms with Gasteiger partial charge in [0.05, 0.1) is 17.9 Å². The molecule has 0 fully saturated rings. The molecule has 4 aromatic carbocycles. The van der Waals surface area contributed by atoms with E-state index in [1.165, 1.54) is 19.1 Å². The number of benzene rings is 4. The lowest BCUT2D eigenvalue weighted by Crippen LogP contribution is -2.40. The zero-order chi connectivity index (χ0) is 32.0. The van der Waals surface area contributed by atoms with Crippen LogP contribution in [0.1, 0.15) is 17.3 Å². The third-order valence-corrected chi connectivity index (χ3v) is 8.06. The third-order valence-electron chi connectivity index (χ3n) is 5.70. The molecule has 0 saturated heterocycles. The highest BCUT2D eigenvalue weighted by Crippen LogP contribution is 2.40. The first-order valence-electron chi connectivity index (χ1n) is 12.6. The van der Waals surface area contributed by atoms with E-state index in [0.717, 1.165) is 0 Å². The molecule has 0 aliphatic heterocycles. The van der Waals surface area contributed by atoms with Crippen molar-refractivity contribution in [1.29, 1.82) is 0 Å². The van der Waals surface area contributed by atoms with E-state index < -0.39 is 30.5 Å². The van der Waals surface area contributed by atoms with Crippen LogP contribution < -0.4 is 31.0 Å². The lowest BCUT2D eigenvalue weighted by molar-refractivity contribution is -0.162. The number of nitrogen functional groups attached to an aromatic ring is 2. The molecule has 0 heterocycles. The average Bonchev–Trinajstić information content (AvgIpc) is 2.97. The molecule has 0 saturated carbocycles. The Labute approximate surface area is 285 Å². The molecular formula is C30H23Br4N3O7.